The molecule has 0 radical (unpaired) electrons. The molecule has 5 nitrogen and oxygen atoms in total. The Labute approximate surface area is 149 Å². The third-order valence-electron chi connectivity index (χ3n) is 4.47. The molecule has 0 spiro atoms. The van der Waals surface area contributed by atoms with E-state index >= 15 is 0 Å². The van der Waals surface area contributed by atoms with Gasteiger partial charge in [0.2, 0.25) is 0 Å². The average Bonchev–Trinajstić information content (AvgIpc) is 2.95. The van der Waals surface area contributed by atoms with Crippen LogP contribution in [0.1, 0.15) is 34.5 Å². The molecule has 1 amide bonds. The maximum Gasteiger partial charge on any atom is 0.254 e. The van der Waals surface area contributed by atoms with E-state index in [1.165, 1.54) is 18.4 Å². The number of piperidine rings is 1. The van der Waals surface area contributed by atoms with Gasteiger partial charge in [-0.05, 0) is 44.3 Å². The summed E-state index contributed by atoms with van der Waals surface area (Å²) in [5.41, 5.74) is 2.76. The largest absolute Gasteiger partial charge is 0.352 e. The summed E-state index contributed by atoms with van der Waals surface area (Å²) in [6, 6.07) is 10.2. The first-order chi connectivity index (χ1) is 11.2. The van der Waals surface area contributed by atoms with Gasteiger partial charge in [0.25, 0.3) is 5.91 Å². The molecule has 24 heavy (non-hydrogen) atoms. The average molecular weight is 349 g/mol. The summed E-state index contributed by atoms with van der Waals surface area (Å²) < 4.78 is 1.88. The van der Waals surface area contributed by atoms with Gasteiger partial charge in [0.15, 0.2) is 0 Å². The van der Waals surface area contributed by atoms with Crippen LogP contribution in [0.25, 0.3) is 0 Å². The van der Waals surface area contributed by atoms with Crippen LogP contribution in [-0.4, -0.2) is 35.3 Å². The van der Waals surface area contributed by atoms with Gasteiger partial charge < -0.3 is 10.6 Å². The van der Waals surface area contributed by atoms with E-state index < -0.39 is 0 Å². The van der Waals surface area contributed by atoms with E-state index in [2.05, 4.69) is 27.9 Å². The van der Waals surface area contributed by atoms with Gasteiger partial charge in [-0.2, -0.15) is 5.10 Å². The highest BCUT2D eigenvalue weighted by Gasteiger charge is 2.17. The number of nitrogens with zero attached hydrogens (tertiary/aromatic N) is 2. The lowest BCUT2D eigenvalue weighted by Gasteiger charge is -2.22. The van der Waals surface area contributed by atoms with E-state index in [0.717, 1.165) is 25.3 Å². The molecule has 1 aromatic carbocycles. The molecule has 0 bridgehead atoms. The maximum absolute atomic E-state index is 12.4. The fourth-order valence-corrected chi connectivity index (χ4v) is 3.02. The van der Waals surface area contributed by atoms with E-state index in [1.807, 2.05) is 29.8 Å². The van der Waals surface area contributed by atoms with Crippen molar-refractivity contribution >= 4 is 18.3 Å². The number of nitrogens with one attached hydrogen (secondary N) is 2. The third kappa shape index (κ3) is 4.58. The summed E-state index contributed by atoms with van der Waals surface area (Å²) in [6.07, 6.45) is 4.04. The summed E-state index contributed by atoms with van der Waals surface area (Å²) in [5.74, 6) is 0.514. The Morgan fingerprint density at radius 2 is 2.17 bits per heavy atom. The zero-order valence-electron chi connectivity index (χ0n) is 14.0. The number of rotatable bonds is 5. The van der Waals surface area contributed by atoms with Crippen LogP contribution in [0.5, 0.6) is 0 Å². The molecule has 1 aliphatic heterocycles. The summed E-state index contributed by atoms with van der Waals surface area (Å²) in [6.45, 7) is 5.46. The Morgan fingerprint density at radius 1 is 1.38 bits per heavy atom. The molecular weight excluding hydrogens is 324 g/mol. The topological polar surface area (TPSA) is 59.0 Å². The zero-order valence-corrected chi connectivity index (χ0v) is 14.8. The van der Waals surface area contributed by atoms with Gasteiger partial charge in [-0.3, -0.25) is 9.48 Å². The molecule has 1 atom stereocenters. The minimum Gasteiger partial charge on any atom is -0.352 e. The Hall–Kier alpha value is -1.85. The summed E-state index contributed by atoms with van der Waals surface area (Å²) in [4.78, 5) is 12.4. The minimum atomic E-state index is -0.0209. The SMILES string of the molecule is Cc1c(C(=O)NCC2CCCNC2)cnn1Cc1ccccc1.Cl. The molecular formula is C18H25ClN4O. The summed E-state index contributed by atoms with van der Waals surface area (Å²) >= 11 is 0. The molecule has 1 aliphatic rings. The lowest BCUT2D eigenvalue weighted by molar-refractivity contribution is 0.0944. The van der Waals surface area contributed by atoms with Gasteiger partial charge in [0.1, 0.15) is 0 Å². The lowest BCUT2D eigenvalue weighted by Crippen LogP contribution is -2.38. The molecule has 2 N–H and O–H groups in total. The molecule has 0 saturated carbocycles. The van der Waals surface area contributed by atoms with Crippen molar-refractivity contribution in [3.63, 3.8) is 0 Å². The Balaban J connectivity index is 0.00000208. The number of carbonyl (C=O) groups excluding carboxylic acids is 1. The van der Waals surface area contributed by atoms with Crippen molar-refractivity contribution in [1.29, 1.82) is 0 Å². The van der Waals surface area contributed by atoms with Crippen LogP contribution in [-0.2, 0) is 6.54 Å². The van der Waals surface area contributed by atoms with Gasteiger partial charge in [-0.15, -0.1) is 12.4 Å². The highest BCUT2D eigenvalue weighted by molar-refractivity contribution is 5.95. The molecule has 1 unspecified atom stereocenters. The van der Waals surface area contributed by atoms with E-state index in [0.29, 0.717) is 18.0 Å². The monoisotopic (exact) mass is 348 g/mol. The quantitative estimate of drug-likeness (QED) is 0.872. The van der Waals surface area contributed by atoms with Gasteiger partial charge in [0, 0.05) is 12.2 Å². The van der Waals surface area contributed by atoms with Crippen molar-refractivity contribution < 1.29 is 4.79 Å². The number of benzene rings is 1. The van der Waals surface area contributed by atoms with Crippen LogP contribution in [0.3, 0.4) is 0 Å². The smallest absolute Gasteiger partial charge is 0.254 e. The number of hydrogen-bond acceptors (Lipinski definition) is 3. The molecule has 2 aromatic rings. The van der Waals surface area contributed by atoms with Crippen molar-refractivity contribution in [2.75, 3.05) is 19.6 Å². The van der Waals surface area contributed by atoms with Crippen LogP contribution >= 0.6 is 12.4 Å². The number of hydrogen-bond donors (Lipinski definition) is 2. The standard InChI is InChI=1S/C18H24N4O.ClH/c1-14-17(18(23)20-11-16-8-5-9-19-10-16)12-21-22(14)13-15-6-3-2-4-7-15;/h2-4,6-7,12,16,19H,5,8-11,13H2,1H3,(H,20,23);1H. The Kier molecular flexibility index (Phi) is 6.82. The minimum absolute atomic E-state index is 0. The second-order valence-electron chi connectivity index (χ2n) is 6.21. The highest BCUT2D eigenvalue weighted by Crippen LogP contribution is 2.12. The van der Waals surface area contributed by atoms with Crippen LogP contribution in [0.2, 0.25) is 0 Å². The second-order valence-corrected chi connectivity index (χ2v) is 6.21. The number of aromatic nitrogens is 2. The van der Waals surface area contributed by atoms with Crippen molar-refractivity contribution in [2.45, 2.75) is 26.3 Å². The van der Waals surface area contributed by atoms with Crippen LogP contribution in [0.4, 0.5) is 0 Å². The lowest BCUT2D eigenvalue weighted by atomic mass is 10.00. The predicted octanol–water partition coefficient (Wildman–Crippen LogP) is 2.39. The van der Waals surface area contributed by atoms with Gasteiger partial charge in [-0.1, -0.05) is 30.3 Å². The van der Waals surface area contributed by atoms with E-state index in [9.17, 15) is 4.79 Å². The Morgan fingerprint density at radius 3 is 2.88 bits per heavy atom. The highest BCUT2D eigenvalue weighted by atomic mass is 35.5. The molecule has 6 heteroatoms. The number of halogens is 1. The first-order valence-corrected chi connectivity index (χ1v) is 8.29. The first kappa shape index (κ1) is 18.5. The zero-order chi connectivity index (χ0) is 16.1. The van der Waals surface area contributed by atoms with E-state index in [1.54, 1.807) is 6.20 Å². The fourth-order valence-electron chi connectivity index (χ4n) is 3.02. The van der Waals surface area contributed by atoms with E-state index in [-0.39, 0.29) is 18.3 Å². The maximum atomic E-state index is 12.4. The number of amides is 1. The van der Waals surface area contributed by atoms with Crippen molar-refractivity contribution in [3.8, 4) is 0 Å². The molecule has 1 fully saturated rings. The summed E-state index contributed by atoms with van der Waals surface area (Å²) in [5, 5.41) is 10.8. The molecule has 0 aliphatic carbocycles. The molecule has 2 heterocycles. The fraction of sp³-hybridized carbons (Fsp3) is 0.444. The van der Waals surface area contributed by atoms with Crippen LogP contribution < -0.4 is 10.6 Å². The van der Waals surface area contributed by atoms with Crippen LogP contribution in [0, 0.1) is 12.8 Å². The van der Waals surface area contributed by atoms with Crippen LogP contribution in [0.15, 0.2) is 36.5 Å². The van der Waals surface area contributed by atoms with Gasteiger partial charge in [0.05, 0.1) is 18.3 Å². The molecule has 130 valence electrons. The molecule has 3 rings (SSSR count). The van der Waals surface area contributed by atoms with Crippen molar-refractivity contribution in [1.82, 2.24) is 20.4 Å². The molecule has 1 aromatic heterocycles. The second kappa shape index (κ2) is 8.85. The normalized spacial score (nSPS) is 17.1. The van der Waals surface area contributed by atoms with Gasteiger partial charge in [-0.25, -0.2) is 0 Å². The Bertz CT molecular complexity index is 650. The van der Waals surface area contributed by atoms with Crippen molar-refractivity contribution in [2.24, 2.45) is 5.92 Å². The number of carbonyl (C=O) groups is 1. The first-order valence-electron chi connectivity index (χ1n) is 8.29. The third-order valence-corrected chi connectivity index (χ3v) is 4.47. The molecule has 1 saturated heterocycles. The summed E-state index contributed by atoms with van der Waals surface area (Å²) in [7, 11) is 0. The van der Waals surface area contributed by atoms with E-state index in [4.69, 9.17) is 0 Å². The van der Waals surface area contributed by atoms with Crippen molar-refractivity contribution in [3.05, 3.63) is 53.3 Å². The van der Waals surface area contributed by atoms with Gasteiger partial charge >= 0.3 is 0 Å². The predicted molar refractivity (Wildman–Crippen MR) is 97.7 cm³/mol.